The number of carbonyl (C=O) groups is 1. The molecule has 3 rings (SSSR count). The molecular weight excluding hydrogens is 368 g/mol. The van der Waals surface area contributed by atoms with Crippen LogP contribution in [0.4, 0.5) is 0 Å². The summed E-state index contributed by atoms with van der Waals surface area (Å²) in [6.07, 6.45) is 4.13. The molecular formula is C19H23BrN2O2. The predicted molar refractivity (Wildman–Crippen MR) is 98.4 cm³/mol. The third-order valence-electron chi connectivity index (χ3n) is 4.37. The number of hydrogen-bond donors (Lipinski definition) is 0. The van der Waals surface area contributed by atoms with E-state index in [1.807, 2.05) is 46.0 Å². The van der Waals surface area contributed by atoms with Gasteiger partial charge in [0.15, 0.2) is 0 Å². The van der Waals surface area contributed by atoms with E-state index in [2.05, 4.69) is 29.8 Å². The molecule has 4 nitrogen and oxygen atoms in total. The monoisotopic (exact) mass is 390 g/mol. The number of aromatic nitrogens is 1. The zero-order valence-electron chi connectivity index (χ0n) is 14.3. The fraction of sp³-hybridized carbons (Fsp3) is 0.421. The summed E-state index contributed by atoms with van der Waals surface area (Å²) in [7, 11) is 1.67. The van der Waals surface area contributed by atoms with Gasteiger partial charge < -0.3 is 14.2 Å². The number of benzene rings is 1. The molecule has 0 aliphatic heterocycles. The van der Waals surface area contributed by atoms with E-state index < -0.39 is 0 Å². The highest BCUT2D eigenvalue weighted by atomic mass is 79.9. The van der Waals surface area contributed by atoms with Crippen LogP contribution in [0.3, 0.4) is 0 Å². The van der Waals surface area contributed by atoms with Crippen LogP contribution >= 0.6 is 15.9 Å². The van der Waals surface area contributed by atoms with Crippen molar-refractivity contribution < 1.29 is 9.53 Å². The number of nitrogens with zero attached hydrogens (tertiary/aromatic N) is 2. The van der Waals surface area contributed by atoms with Crippen molar-refractivity contribution in [2.45, 2.75) is 45.3 Å². The van der Waals surface area contributed by atoms with Gasteiger partial charge in [0, 0.05) is 34.9 Å². The molecule has 0 atom stereocenters. The molecule has 1 fully saturated rings. The predicted octanol–water partition coefficient (Wildman–Crippen LogP) is 4.64. The minimum absolute atomic E-state index is 0.0859. The fourth-order valence-electron chi connectivity index (χ4n) is 2.96. The Morgan fingerprint density at radius 3 is 2.71 bits per heavy atom. The molecule has 1 heterocycles. The first-order valence-corrected chi connectivity index (χ1v) is 9.10. The zero-order valence-corrected chi connectivity index (χ0v) is 15.9. The molecule has 1 saturated carbocycles. The Labute approximate surface area is 151 Å². The summed E-state index contributed by atoms with van der Waals surface area (Å²) in [5.74, 6) is 0.916. The topological polar surface area (TPSA) is 34.5 Å². The lowest BCUT2D eigenvalue weighted by Crippen LogP contribution is -2.34. The van der Waals surface area contributed by atoms with Gasteiger partial charge in [0.2, 0.25) is 0 Å². The Morgan fingerprint density at radius 2 is 2.08 bits per heavy atom. The first kappa shape index (κ1) is 17.1. The number of ether oxygens (including phenoxy) is 1. The van der Waals surface area contributed by atoms with Gasteiger partial charge in [-0.25, -0.2) is 0 Å². The number of halogens is 1. The lowest BCUT2D eigenvalue weighted by atomic mass is 10.1. The minimum Gasteiger partial charge on any atom is -0.496 e. The number of rotatable bonds is 6. The normalized spacial score (nSPS) is 14.0. The van der Waals surface area contributed by atoms with Crippen LogP contribution in [0.15, 0.2) is 41.0 Å². The number of amides is 1. The van der Waals surface area contributed by atoms with Crippen molar-refractivity contribution in [2.75, 3.05) is 7.11 Å². The second-order valence-electron chi connectivity index (χ2n) is 6.52. The summed E-state index contributed by atoms with van der Waals surface area (Å²) in [6, 6.07) is 10.4. The number of methoxy groups -OCH3 is 1. The molecule has 1 aromatic carbocycles. The van der Waals surface area contributed by atoms with Crippen LogP contribution in [-0.2, 0) is 6.54 Å². The van der Waals surface area contributed by atoms with Crippen molar-refractivity contribution in [1.82, 2.24) is 9.47 Å². The standard InChI is InChI=1S/C19H23BrN2O2/c1-13(2)21-12-15(20)10-17(21)19(23)22(16-8-9-16)11-14-6-4-5-7-18(14)24-3/h4-7,10,12-13,16H,8-9,11H2,1-3H3. The largest absolute Gasteiger partial charge is 0.496 e. The van der Waals surface area contributed by atoms with E-state index in [0.717, 1.165) is 34.3 Å². The first-order chi connectivity index (χ1) is 11.5. The summed E-state index contributed by atoms with van der Waals surface area (Å²) < 4.78 is 8.42. The van der Waals surface area contributed by atoms with Crippen LogP contribution < -0.4 is 4.74 Å². The van der Waals surface area contributed by atoms with Crippen molar-refractivity contribution in [3.8, 4) is 5.75 Å². The molecule has 2 aromatic rings. The van der Waals surface area contributed by atoms with E-state index >= 15 is 0 Å². The lowest BCUT2D eigenvalue weighted by molar-refractivity contribution is 0.0716. The molecule has 0 N–H and O–H groups in total. The zero-order chi connectivity index (χ0) is 17.3. The highest BCUT2D eigenvalue weighted by molar-refractivity contribution is 9.10. The van der Waals surface area contributed by atoms with Gasteiger partial charge in [0.25, 0.3) is 5.91 Å². The Morgan fingerprint density at radius 1 is 1.38 bits per heavy atom. The third kappa shape index (κ3) is 3.51. The van der Waals surface area contributed by atoms with Gasteiger partial charge in [-0.1, -0.05) is 18.2 Å². The van der Waals surface area contributed by atoms with Crippen molar-refractivity contribution in [2.24, 2.45) is 0 Å². The van der Waals surface area contributed by atoms with E-state index in [-0.39, 0.29) is 11.9 Å². The van der Waals surface area contributed by atoms with Crippen LogP contribution in [0.5, 0.6) is 5.75 Å². The summed E-state index contributed by atoms with van der Waals surface area (Å²) in [5, 5.41) is 0. The van der Waals surface area contributed by atoms with Crippen LogP contribution in [0.2, 0.25) is 0 Å². The first-order valence-electron chi connectivity index (χ1n) is 8.31. The maximum absolute atomic E-state index is 13.2. The molecule has 1 aliphatic rings. The summed E-state index contributed by atoms with van der Waals surface area (Å²) >= 11 is 3.50. The van der Waals surface area contributed by atoms with Crippen molar-refractivity contribution in [1.29, 1.82) is 0 Å². The van der Waals surface area contributed by atoms with Crippen LogP contribution in [-0.4, -0.2) is 28.5 Å². The van der Waals surface area contributed by atoms with Gasteiger partial charge in [-0.3, -0.25) is 4.79 Å². The van der Waals surface area contributed by atoms with Crippen molar-refractivity contribution in [3.63, 3.8) is 0 Å². The van der Waals surface area contributed by atoms with E-state index in [1.54, 1.807) is 7.11 Å². The van der Waals surface area contributed by atoms with Gasteiger partial charge in [-0.2, -0.15) is 0 Å². The minimum atomic E-state index is 0.0859. The average Bonchev–Trinajstić information content (AvgIpc) is 3.33. The van der Waals surface area contributed by atoms with Crippen molar-refractivity contribution in [3.05, 3.63) is 52.3 Å². The van der Waals surface area contributed by atoms with Crippen molar-refractivity contribution >= 4 is 21.8 Å². The highest BCUT2D eigenvalue weighted by Crippen LogP contribution is 2.32. The molecule has 0 saturated heterocycles. The molecule has 5 heteroatoms. The van der Waals surface area contributed by atoms with E-state index in [9.17, 15) is 4.79 Å². The highest BCUT2D eigenvalue weighted by Gasteiger charge is 2.35. The Bertz CT molecular complexity index is 735. The third-order valence-corrected chi connectivity index (χ3v) is 4.81. The number of hydrogen-bond acceptors (Lipinski definition) is 2. The molecule has 1 aromatic heterocycles. The maximum Gasteiger partial charge on any atom is 0.271 e. The quantitative estimate of drug-likeness (QED) is 0.719. The Balaban J connectivity index is 1.90. The maximum atomic E-state index is 13.2. The Hall–Kier alpha value is -1.75. The van der Waals surface area contributed by atoms with E-state index in [0.29, 0.717) is 12.6 Å². The molecule has 1 aliphatic carbocycles. The van der Waals surface area contributed by atoms with Gasteiger partial charge in [0.1, 0.15) is 11.4 Å². The molecule has 0 unspecified atom stereocenters. The molecule has 128 valence electrons. The second kappa shape index (κ2) is 7.01. The molecule has 0 spiro atoms. The summed E-state index contributed by atoms with van der Waals surface area (Å²) in [6.45, 7) is 4.75. The SMILES string of the molecule is COc1ccccc1CN(C(=O)c1cc(Br)cn1C(C)C)C1CC1. The molecule has 0 radical (unpaired) electrons. The number of para-hydroxylation sites is 1. The average molecular weight is 391 g/mol. The molecule has 1 amide bonds. The van der Waals surface area contributed by atoms with Gasteiger partial charge in [0.05, 0.1) is 7.11 Å². The van der Waals surface area contributed by atoms with E-state index in [4.69, 9.17) is 4.74 Å². The number of carbonyl (C=O) groups excluding carboxylic acids is 1. The van der Waals surface area contributed by atoms with E-state index in [1.165, 1.54) is 0 Å². The summed E-state index contributed by atoms with van der Waals surface area (Å²) in [4.78, 5) is 15.2. The van der Waals surface area contributed by atoms with Crippen LogP contribution in [0, 0.1) is 0 Å². The second-order valence-corrected chi connectivity index (χ2v) is 7.44. The Kier molecular flexibility index (Phi) is 4.99. The lowest BCUT2D eigenvalue weighted by Gasteiger charge is -2.25. The summed E-state index contributed by atoms with van der Waals surface area (Å²) in [5.41, 5.74) is 1.78. The molecule has 0 bridgehead atoms. The fourth-order valence-corrected chi connectivity index (χ4v) is 3.40. The smallest absolute Gasteiger partial charge is 0.271 e. The van der Waals surface area contributed by atoms with Crippen LogP contribution in [0.1, 0.15) is 48.8 Å². The van der Waals surface area contributed by atoms with Gasteiger partial charge in [-0.15, -0.1) is 0 Å². The van der Waals surface area contributed by atoms with Gasteiger partial charge in [-0.05, 0) is 54.8 Å². The van der Waals surface area contributed by atoms with Crippen LogP contribution in [0.25, 0.3) is 0 Å². The molecule has 24 heavy (non-hydrogen) atoms. The van der Waals surface area contributed by atoms with Gasteiger partial charge >= 0.3 is 0 Å².